The molecule has 0 amide bonds. The molecule has 5 heteroatoms. The first-order chi connectivity index (χ1) is 7.88. The monoisotopic (exact) mass is 236 g/mol. The van der Waals surface area contributed by atoms with E-state index in [-0.39, 0.29) is 11.1 Å². The van der Waals surface area contributed by atoms with Crippen LogP contribution >= 0.6 is 0 Å². The van der Waals surface area contributed by atoms with Gasteiger partial charge < -0.3 is 9.88 Å². The summed E-state index contributed by atoms with van der Waals surface area (Å²) in [6.07, 6.45) is 0. The van der Waals surface area contributed by atoms with Gasteiger partial charge in [-0.3, -0.25) is 9.69 Å². The highest BCUT2D eigenvalue weighted by Gasteiger charge is 2.31. The minimum Gasteiger partial charge on any atom is -0.353 e. The molecule has 2 heterocycles. The van der Waals surface area contributed by atoms with Gasteiger partial charge in [0.2, 0.25) is 0 Å². The maximum absolute atomic E-state index is 11.4. The number of H-pyrrole nitrogens is 1. The van der Waals surface area contributed by atoms with Crippen LogP contribution in [0.15, 0.2) is 10.9 Å². The van der Waals surface area contributed by atoms with Gasteiger partial charge in [0.25, 0.3) is 5.56 Å². The summed E-state index contributed by atoms with van der Waals surface area (Å²) in [5.41, 5.74) is 0.0282. The fraction of sp³-hybridized carbons (Fsp3) is 0.667. The van der Waals surface area contributed by atoms with Gasteiger partial charge in [-0.15, -0.1) is 0 Å². The van der Waals surface area contributed by atoms with Crippen LogP contribution in [-0.2, 0) is 0 Å². The third-order valence-corrected chi connectivity index (χ3v) is 3.49. The lowest BCUT2D eigenvalue weighted by Gasteiger charge is -2.45. The molecular weight excluding hydrogens is 216 g/mol. The van der Waals surface area contributed by atoms with Crippen molar-refractivity contribution in [3.63, 3.8) is 0 Å². The molecular formula is C12H20N4O. The SMILES string of the molecule is Cc1nc(N2CCN(C)C(C)(C)C2)cc(=O)[nH]1. The predicted octanol–water partition coefficient (Wildman–Crippen LogP) is 0.609. The number of aromatic amines is 1. The molecule has 17 heavy (non-hydrogen) atoms. The number of aromatic nitrogens is 2. The van der Waals surface area contributed by atoms with Crippen molar-refractivity contribution < 1.29 is 0 Å². The summed E-state index contributed by atoms with van der Waals surface area (Å²) in [6, 6.07) is 1.58. The Kier molecular flexibility index (Phi) is 2.95. The first kappa shape index (κ1) is 12.1. The molecule has 94 valence electrons. The van der Waals surface area contributed by atoms with Crippen molar-refractivity contribution in [3.05, 3.63) is 22.2 Å². The maximum Gasteiger partial charge on any atom is 0.252 e. The van der Waals surface area contributed by atoms with Crippen molar-refractivity contribution in [2.24, 2.45) is 0 Å². The number of rotatable bonds is 1. The minimum atomic E-state index is -0.0794. The van der Waals surface area contributed by atoms with Crippen molar-refractivity contribution in [3.8, 4) is 0 Å². The van der Waals surface area contributed by atoms with Gasteiger partial charge >= 0.3 is 0 Å². The topological polar surface area (TPSA) is 52.2 Å². The van der Waals surface area contributed by atoms with Gasteiger partial charge in [-0.1, -0.05) is 0 Å². The average molecular weight is 236 g/mol. The Morgan fingerprint density at radius 3 is 2.71 bits per heavy atom. The quantitative estimate of drug-likeness (QED) is 0.776. The van der Waals surface area contributed by atoms with Crippen molar-refractivity contribution in [2.45, 2.75) is 26.3 Å². The molecule has 1 aliphatic heterocycles. The molecule has 0 bridgehead atoms. The maximum atomic E-state index is 11.4. The average Bonchev–Trinajstić information content (AvgIpc) is 2.20. The molecule has 1 N–H and O–H groups in total. The van der Waals surface area contributed by atoms with Crippen LogP contribution in [0.1, 0.15) is 19.7 Å². The van der Waals surface area contributed by atoms with Gasteiger partial charge in [-0.25, -0.2) is 4.98 Å². The summed E-state index contributed by atoms with van der Waals surface area (Å²) in [6.45, 7) is 9.01. The number of piperazine rings is 1. The third-order valence-electron chi connectivity index (χ3n) is 3.49. The number of nitrogens with zero attached hydrogens (tertiary/aromatic N) is 3. The highest BCUT2D eigenvalue weighted by Crippen LogP contribution is 2.22. The molecule has 1 aromatic heterocycles. The van der Waals surface area contributed by atoms with E-state index in [2.05, 4.69) is 40.7 Å². The van der Waals surface area contributed by atoms with E-state index in [4.69, 9.17) is 0 Å². The summed E-state index contributed by atoms with van der Waals surface area (Å²) in [5.74, 6) is 1.46. The van der Waals surface area contributed by atoms with E-state index < -0.39 is 0 Å². The van der Waals surface area contributed by atoms with Crippen molar-refractivity contribution in [1.29, 1.82) is 0 Å². The first-order valence-corrected chi connectivity index (χ1v) is 5.93. The zero-order chi connectivity index (χ0) is 12.6. The van der Waals surface area contributed by atoms with Gasteiger partial charge in [-0.05, 0) is 27.8 Å². The molecule has 0 spiro atoms. The zero-order valence-electron chi connectivity index (χ0n) is 10.9. The van der Waals surface area contributed by atoms with Crippen LogP contribution in [-0.4, -0.2) is 47.1 Å². The van der Waals surface area contributed by atoms with E-state index >= 15 is 0 Å². The lowest BCUT2D eigenvalue weighted by atomic mass is 10.00. The number of hydrogen-bond acceptors (Lipinski definition) is 4. The second-order valence-corrected chi connectivity index (χ2v) is 5.34. The fourth-order valence-corrected chi connectivity index (χ4v) is 2.16. The highest BCUT2D eigenvalue weighted by atomic mass is 16.1. The molecule has 0 saturated carbocycles. The van der Waals surface area contributed by atoms with Gasteiger partial charge in [-0.2, -0.15) is 0 Å². The lowest BCUT2D eigenvalue weighted by Crippen LogP contribution is -2.58. The van der Waals surface area contributed by atoms with Crippen LogP contribution in [0.25, 0.3) is 0 Å². The Labute approximate surface area is 101 Å². The fourth-order valence-electron chi connectivity index (χ4n) is 2.16. The van der Waals surface area contributed by atoms with Crippen molar-refractivity contribution >= 4 is 5.82 Å². The third kappa shape index (κ3) is 2.49. The number of hydrogen-bond donors (Lipinski definition) is 1. The molecule has 0 atom stereocenters. The smallest absolute Gasteiger partial charge is 0.252 e. The Morgan fingerprint density at radius 1 is 1.41 bits per heavy atom. The molecule has 1 fully saturated rings. The van der Waals surface area contributed by atoms with Crippen LogP contribution in [0.5, 0.6) is 0 Å². The second kappa shape index (κ2) is 4.14. The van der Waals surface area contributed by atoms with E-state index in [0.29, 0.717) is 5.82 Å². The van der Waals surface area contributed by atoms with Gasteiger partial charge in [0.15, 0.2) is 0 Å². The van der Waals surface area contributed by atoms with E-state index in [1.54, 1.807) is 6.07 Å². The number of anilines is 1. The van der Waals surface area contributed by atoms with Crippen molar-refractivity contribution in [1.82, 2.24) is 14.9 Å². The van der Waals surface area contributed by atoms with E-state index in [1.807, 2.05) is 6.92 Å². The van der Waals surface area contributed by atoms with Crippen LogP contribution in [0.2, 0.25) is 0 Å². The lowest BCUT2D eigenvalue weighted by molar-refractivity contribution is 0.138. The van der Waals surface area contributed by atoms with Gasteiger partial charge in [0.1, 0.15) is 11.6 Å². The molecule has 2 rings (SSSR count). The normalized spacial score (nSPS) is 20.6. The van der Waals surface area contributed by atoms with Gasteiger partial charge in [0.05, 0.1) is 0 Å². The minimum absolute atomic E-state index is 0.0794. The standard InChI is InChI=1S/C12H20N4O/c1-9-13-10(7-11(17)14-9)16-6-5-15(4)12(2,3)8-16/h7H,5-6,8H2,1-4H3,(H,13,14,17). The molecule has 0 radical (unpaired) electrons. The molecule has 1 aromatic rings. The van der Waals surface area contributed by atoms with Gasteiger partial charge in [0, 0.05) is 31.2 Å². The van der Waals surface area contributed by atoms with Crippen molar-refractivity contribution in [2.75, 3.05) is 31.6 Å². The highest BCUT2D eigenvalue weighted by molar-refractivity contribution is 5.39. The molecule has 5 nitrogen and oxygen atoms in total. The predicted molar refractivity (Wildman–Crippen MR) is 68.5 cm³/mol. The Morgan fingerprint density at radius 2 is 2.12 bits per heavy atom. The summed E-state index contributed by atoms with van der Waals surface area (Å²) in [4.78, 5) is 23.0. The second-order valence-electron chi connectivity index (χ2n) is 5.34. The zero-order valence-corrected chi connectivity index (χ0v) is 10.9. The number of likely N-dealkylation sites (N-methyl/N-ethyl adjacent to an activating group) is 1. The van der Waals surface area contributed by atoms with Crippen LogP contribution < -0.4 is 10.5 Å². The van der Waals surface area contributed by atoms with Crippen LogP contribution in [0, 0.1) is 6.92 Å². The summed E-state index contributed by atoms with van der Waals surface area (Å²) in [7, 11) is 2.13. The summed E-state index contributed by atoms with van der Waals surface area (Å²) in [5, 5.41) is 0. The molecule has 1 aliphatic rings. The molecule has 0 aromatic carbocycles. The summed E-state index contributed by atoms with van der Waals surface area (Å²) < 4.78 is 0. The Hall–Kier alpha value is -1.36. The first-order valence-electron chi connectivity index (χ1n) is 5.93. The van der Waals surface area contributed by atoms with Crippen LogP contribution in [0.4, 0.5) is 5.82 Å². The molecule has 1 saturated heterocycles. The number of aryl methyl sites for hydroxylation is 1. The largest absolute Gasteiger partial charge is 0.353 e. The summed E-state index contributed by atoms with van der Waals surface area (Å²) >= 11 is 0. The van der Waals surface area contributed by atoms with E-state index in [1.165, 1.54) is 0 Å². The Balaban J connectivity index is 2.26. The number of nitrogens with one attached hydrogen (secondary N) is 1. The Bertz CT molecular complexity index is 466. The molecule has 0 aliphatic carbocycles. The van der Waals surface area contributed by atoms with Crippen LogP contribution in [0.3, 0.4) is 0 Å². The molecule has 0 unspecified atom stereocenters. The van der Waals surface area contributed by atoms with E-state index in [0.717, 1.165) is 25.5 Å². The van der Waals surface area contributed by atoms with E-state index in [9.17, 15) is 4.79 Å².